The van der Waals surface area contributed by atoms with E-state index in [9.17, 15) is 15.3 Å². The lowest BCUT2D eigenvalue weighted by molar-refractivity contribution is -0.115. The predicted octanol–water partition coefficient (Wildman–Crippen LogP) is 5.94. The molecule has 0 spiro atoms. The first-order valence-corrected chi connectivity index (χ1v) is 12.0. The lowest BCUT2D eigenvalue weighted by atomic mass is 9.94. The number of hydrogen-bond donors (Lipinski definition) is 2. The van der Waals surface area contributed by atoms with Gasteiger partial charge in [0.05, 0.1) is 5.56 Å². The van der Waals surface area contributed by atoms with Gasteiger partial charge in [0.2, 0.25) is 5.91 Å². The number of nitrogens with one attached hydrogen (secondary N) is 1. The van der Waals surface area contributed by atoms with E-state index in [1.807, 2.05) is 56.3 Å². The first-order chi connectivity index (χ1) is 16.3. The molecule has 7 heteroatoms. The Balaban J connectivity index is 1.83. The number of thioether (sulfide) groups is 1. The van der Waals surface area contributed by atoms with Crippen LogP contribution in [0.25, 0.3) is 11.1 Å². The van der Waals surface area contributed by atoms with E-state index in [1.165, 1.54) is 11.8 Å². The number of rotatable bonds is 7. The van der Waals surface area contributed by atoms with Crippen LogP contribution in [0.1, 0.15) is 54.0 Å². The van der Waals surface area contributed by atoms with Crippen LogP contribution in [0.5, 0.6) is 0 Å². The fraction of sp³-hybridized carbons (Fsp3) is 0.259. The quantitative estimate of drug-likeness (QED) is 0.414. The molecule has 0 aliphatic carbocycles. The Hall–Kier alpha value is -3.81. The van der Waals surface area contributed by atoms with Gasteiger partial charge in [0.1, 0.15) is 28.5 Å². The highest BCUT2D eigenvalue weighted by molar-refractivity contribution is 7.99. The highest BCUT2D eigenvalue weighted by atomic mass is 32.2. The highest BCUT2D eigenvalue weighted by Crippen LogP contribution is 2.36. The van der Waals surface area contributed by atoms with Gasteiger partial charge < -0.3 is 11.1 Å². The number of aryl methyl sites for hydroxylation is 1. The van der Waals surface area contributed by atoms with E-state index in [4.69, 9.17) is 5.73 Å². The molecule has 0 bridgehead atoms. The van der Waals surface area contributed by atoms with Crippen molar-refractivity contribution in [2.45, 2.75) is 45.1 Å². The molecule has 0 saturated heterocycles. The van der Waals surface area contributed by atoms with E-state index in [0.717, 1.165) is 27.9 Å². The third-order valence-corrected chi connectivity index (χ3v) is 6.71. The molecule has 1 amide bonds. The van der Waals surface area contributed by atoms with Gasteiger partial charge in [0.15, 0.2) is 0 Å². The molecule has 34 heavy (non-hydrogen) atoms. The van der Waals surface area contributed by atoms with Crippen molar-refractivity contribution in [2.24, 2.45) is 0 Å². The Morgan fingerprint density at radius 2 is 1.76 bits per heavy atom. The number of nitrogens with two attached hydrogens (primary N) is 1. The number of anilines is 2. The Bertz CT molecular complexity index is 1300. The first kappa shape index (κ1) is 24.8. The zero-order valence-electron chi connectivity index (χ0n) is 19.8. The van der Waals surface area contributed by atoms with Crippen molar-refractivity contribution in [2.75, 3.05) is 16.8 Å². The summed E-state index contributed by atoms with van der Waals surface area (Å²) in [7, 11) is 0. The van der Waals surface area contributed by atoms with Crippen LogP contribution >= 0.6 is 11.8 Å². The van der Waals surface area contributed by atoms with Crippen LogP contribution in [-0.4, -0.2) is 16.6 Å². The number of carbonyl (C=O) groups is 1. The van der Waals surface area contributed by atoms with E-state index in [1.54, 1.807) is 0 Å². The summed E-state index contributed by atoms with van der Waals surface area (Å²) in [6, 6.07) is 17.9. The van der Waals surface area contributed by atoms with Crippen molar-refractivity contribution in [3.63, 3.8) is 0 Å². The predicted molar refractivity (Wildman–Crippen MR) is 137 cm³/mol. The maximum absolute atomic E-state index is 12.5. The molecule has 1 aromatic heterocycles. The monoisotopic (exact) mass is 469 g/mol. The summed E-state index contributed by atoms with van der Waals surface area (Å²) in [4.78, 5) is 16.8. The van der Waals surface area contributed by atoms with Crippen LogP contribution in [0.3, 0.4) is 0 Å². The Morgan fingerprint density at radius 3 is 2.38 bits per heavy atom. The molecule has 6 nitrogen and oxygen atoms in total. The van der Waals surface area contributed by atoms with Crippen molar-refractivity contribution < 1.29 is 4.79 Å². The minimum Gasteiger partial charge on any atom is -0.383 e. The minimum absolute atomic E-state index is 0.0757. The summed E-state index contributed by atoms with van der Waals surface area (Å²) in [5.41, 5.74) is 11.9. The lowest BCUT2D eigenvalue weighted by Gasteiger charge is -2.14. The van der Waals surface area contributed by atoms with Crippen molar-refractivity contribution >= 4 is 29.2 Å². The lowest BCUT2D eigenvalue weighted by Crippen LogP contribution is -2.13. The number of nitrogen functional groups attached to an aromatic ring is 1. The zero-order chi connectivity index (χ0) is 24.8. The molecule has 0 unspecified atom stereocenters. The number of hydrogen-bond acceptors (Lipinski definition) is 6. The van der Waals surface area contributed by atoms with Crippen molar-refractivity contribution in [3.8, 4) is 23.3 Å². The van der Waals surface area contributed by atoms with E-state index in [-0.39, 0.29) is 23.7 Å². The van der Waals surface area contributed by atoms with Gasteiger partial charge in [-0.1, -0.05) is 50.2 Å². The van der Waals surface area contributed by atoms with Gasteiger partial charge in [-0.05, 0) is 48.1 Å². The minimum atomic E-state index is -0.120. The van der Waals surface area contributed by atoms with Gasteiger partial charge in [0, 0.05) is 23.4 Å². The van der Waals surface area contributed by atoms with Crippen LogP contribution in [0.2, 0.25) is 0 Å². The zero-order valence-corrected chi connectivity index (χ0v) is 20.6. The normalized spacial score (nSPS) is 10.6. The van der Waals surface area contributed by atoms with Gasteiger partial charge in [-0.25, -0.2) is 4.98 Å². The van der Waals surface area contributed by atoms with Gasteiger partial charge >= 0.3 is 0 Å². The topological polar surface area (TPSA) is 116 Å². The molecule has 0 fully saturated rings. The summed E-state index contributed by atoms with van der Waals surface area (Å²) in [6.07, 6.45) is 0.239. The second-order valence-electron chi connectivity index (χ2n) is 8.32. The molecule has 3 aromatic rings. The standard InChI is InChI=1S/C27H27N5OS/c1-16(2)19-8-10-20(11-9-19)25-21(14-28)26(30)32-27(22(25)15-29)34-13-12-24(33)31-23-7-5-6-17(3)18(23)4/h5-11,16H,12-13H2,1-4H3,(H2,30,32)(H,31,33). The van der Waals surface area contributed by atoms with Gasteiger partial charge in [0.25, 0.3) is 0 Å². The van der Waals surface area contributed by atoms with Crippen LogP contribution in [0, 0.1) is 36.5 Å². The smallest absolute Gasteiger partial charge is 0.225 e. The number of carbonyl (C=O) groups excluding carboxylic acids is 1. The Morgan fingerprint density at radius 1 is 1.09 bits per heavy atom. The summed E-state index contributed by atoms with van der Waals surface area (Å²) in [6.45, 7) is 8.18. The summed E-state index contributed by atoms with van der Waals surface area (Å²) in [5.74, 6) is 0.732. The second kappa shape index (κ2) is 10.9. The maximum Gasteiger partial charge on any atom is 0.225 e. The highest BCUT2D eigenvalue weighted by Gasteiger charge is 2.21. The van der Waals surface area contributed by atoms with Crippen LogP contribution in [0.15, 0.2) is 47.5 Å². The fourth-order valence-corrected chi connectivity index (χ4v) is 4.50. The number of pyridine rings is 1. The molecule has 0 saturated carbocycles. The molecule has 172 valence electrons. The summed E-state index contributed by atoms with van der Waals surface area (Å²) < 4.78 is 0. The Labute approximate surface area is 204 Å². The second-order valence-corrected chi connectivity index (χ2v) is 9.41. The molecule has 0 aliphatic rings. The first-order valence-electron chi connectivity index (χ1n) is 11.0. The third-order valence-electron chi connectivity index (χ3n) is 5.73. The molecule has 2 aromatic carbocycles. The molecule has 0 aliphatic heterocycles. The fourth-order valence-electron chi connectivity index (χ4n) is 3.57. The van der Waals surface area contributed by atoms with Crippen LogP contribution in [0.4, 0.5) is 11.5 Å². The molecule has 0 radical (unpaired) electrons. The van der Waals surface area contributed by atoms with E-state index in [0.29, 0.717) is 27.8 Å². The number of amides is 1. The SMILES string of the molecule is Cc1cccc(NC(=O)CCSc2nc(N)c(C#N)c(-c3ccc(C(C)C)cc3)c2C#N)c1C. The largest absolute Gasteiger partial charge is 0.383 e. The van der Waals surface area contributed by atoms with E-state index >= 15 is 0 Å². The van der Waals surface area contributed by atoms with Crippen molar-refractivity contribution in [3.05, 3.63) is 70.3 Å². The maximum atomic E-state index is 12.5. The molecule has 1 heterocycles. The van der Waals surface area contributed by atoms with Gasteiger partial charge in [-0.3, -0.25) is 4.79 Å². The summed E-state index contributed by atoms with van der Waals surface area (Å²) >= 11 is 1.28. The molecule has 3 N–H and O–H groups in total. The third kappa shape index (κ3) is 5.39. The number of nitriles is 2. The average Bonchev–Trinajstić information content (AvgIpc) is 2.81. The van der Waals surface area contributed by atoms with E-state index < -0.39 is 0 Å². The van der Waals surface area contributed by atoms with Crippen LogP contribution < -0.4 is 11.1 Å². The van der Waals surface area contributed by atoms with Crippen LogP contribution in [-0.2, 0) is 4.79 Å². The van der Waals surface area contributed by atoms with Gasteiger partial charge in [-0.15, -0.1) is 11.8 Å². The Kier molecular flexibility index (Phi) is 7.94. The molecule has 3 rings (SSSR count). The molecular weight excluding hydrogens is 442 g/mol. The average molecular weight is 470 g/mol. The van der Waals surface area contributed by atoms with E-state index in [2.05, 4.69) is 36.3 Å². The van der Waals surface area contributed by atoms with Crippen molar-refractivity contribution in [1.29, 1.82) is 10.5 Å². The van der Waals surface area contributed by atoms with Crippen molar-refractivity contribution in [1.82, 2.24) is 4.98 Å². The molecular formula is C27H27N5OS. The molecule has 0 atom stereocenters. The number of benzene rings is 2. The number of nitrogens with zero attached hydrogens (tertiary/aromatic N) is 3. The van der Waals surface area contributed by atoms with Gasteiger partial charge in [-0.2, -0.15) is 10.5 Å². The number of aromatic nitrogens is 1. The summed E-state index contributed by atoms with van der Waals surface area (Å²) in [5, 5.41) is 23.0.